The lowest BCUT2D eigenvalue weighted by molar-refractivity contribution is 0.0696. The molecule has 0 aromatic heterocycles. The molecule has 1 aromatic carbocycles. The summed E-state index contributed by atoms with van der Waals surface area (Å²) in [6.07, 6.45) is 6.71. The Balaban J connectivity index is 2.32. The van der Waals surface area contributed by atoms with Crippen molar-refractivity contribution in [3.05, 3.63) is 29.3 Å². The topological polar surface area (TPSA) is 88.5 Å². The van der Waals surface area contributed by atoms with Crippen LogP contribution in [0.2, 0.25) is 0 Å². The number of rotatable bonds is 5. The van der Waals surface area contributed by atoms with Crippen molar-refractivity contribution < 1.29 is 23.1 Å². The average Bonchev–Trinajstić information content (AvgIpc) is 2.46. The molecule has 0 bridgehead atoms. The van der Waals surface area contributed by atoms with Crippen LogP contribution in [-0.4, -0.2) is 31.5 Å². The molecule has 0 amide bonds. The van der Waals surface area contributed by atoms with Gasteiger partial charge in [-0.1, -0.05) is 32.1 Å². The van der Waals surface area contributed by atoms with Gasteiger partial charge in [-0.05, 0) is 24.1 Å². The van der Waals surface area contributed by atoms with Gasteiger partial charge in [-0.2, -0.15) is 0 Å². The summed E-state index contributed by atoms with van der Waals surface area (Å²) >= 11 is 0. The van der Waals surface area contributed by atoms with Crippen LogP contribution in [0.15, 0.2) is 23.1 Å². The van der Waals surface area contributed by atoms with Crippen molar-refractivity contribution in [2.24, 2.45) is 5.92 Å². The largest absolute Gasteiger partial charge is 0.478 e. The number of sulfone groups is 1. The molecule has 6 heteroatoms. The maximum Gasteiger partial charge on any atom is 0.335 e. The second-order valence-electron chi connectivity index (χ2n) is 5.92. The van der Waals surface area contributed by atoms with Crippen LogP contribution in [-0.2, 0) is 9.84 Å². The summed E-state index contributed by atoms with van der Waals surface area (Å²) in [6, 6.07) is 3.68. The van der Waals surface area contributed by atoms with E-state index >= 15 is 0 Å². The van der Waals surface area contributed by atoms with Crippen LogP contribution in [0.25, 0.3) is 0 Å². The molecule has 1 N–H and O–H groups in total. The normalized spacial score (nSPS) is 16.4. The molecule has 0 unspecified atom stereocenters. The number of aromatic carboxylic acids is 1. The van der Waals surface area contributed by atoms with Gasteiger partial charge in [-0.3, -0.25) is 4.79 Å². The van der Waals surface area contributed by atoms with E-state index in [1.165, 1.54) is 18.6 Å². The van der Waals surface area contributed by atoms with Gasteiger partial charge in [0.1, 0.15) is 0 Å². The first-order valence-corrected chi connectivity index (χ1v) is 9.29. The average molecular weight is 324 g/mol. The van der Waals surface area contributed by atoms with Gasteiger partial charge in [0.25, 0.3) is 0 Å². The van der Waals surface area contributed by atoms with E-state index < -0.39 is 15.8 Å². The summed E-state index contributed by atoms with van der Waals surface area (Å²) < 4.78 is 23.8. The van der Waals surface area contributed by atoms with E-state index in [0.29, 0.717) is 12.3 Å². The second-order valence-corrected chi connectivity index (χ2v) is 7.90. The first-order valence-electron chi connectivity index (χ1n) is 7.39. The standard InChI is InChI=1S/C16H20O5S/c1-22(20,21)15-10-12(16(18)19)7-8-13(15)14(17)9-11-5-3-2-4-6-11/h7-8,10-11H,2-6,9H2,1H3,(H,18,19). The van der Waals surface area contributed by atoms with Crippen LogP contribution in [0.1, 0.15) is 59.2 Å². The molecule has 1 saturated carbocycles. The SMILES string of the molecule is CS(=O)(=O)c1cc(C(=O)O)ccc1C(=O)CC1CCCCC1. The van der Waals surface area contributed by atoms with E-state index in [-0.39, 0.29) is 21.8 Å². The summed E-state index contributed by atoms with van der Waals surface area (Å²) in [6.45, 7) is 0. The van der Waals surface area contributed by atoms with Crippen molar-refractivity contribution in [2.75, 3.05) is 6.26 Å². The molecule has 1 aliphatic rings. The zero-order valence-corrected chi connectivity index (χ0v) is 13.4. The van der Waals surface area contributed by atoms with Crippen molar-refractivity contribution in [1.82, 2.24) is 0 Å². The predicted molar refractivity (Wildman–Crippen MR) is 82.0 cm³/mol. The van der Waals surface area contributed by atoms with Gasteiger partial charge in [-0.25, -0.2) is 13.2 Å². The number of ketones is 1. The molecular weight excluding hydrogens is 304 g/mol. The highest BCUT2D eigenvalue weighted by molar-refractivity contribution is 7.90. The number of hydrogen-bond donors (Lipinski definition) is 1. The summed E-state index contributed by atoms with van der Waals surface area (Å²) in [5, 5.41) is 8.99. The number of carboxylic acids is 1. The lowest BCUT2D eigenvalue weighted by Gasteiger charge is -2.21. The van der Waals surface area contributed by atoms with Crippen LogP contribution in [0.5, 0.6) is 0 Å². The van der Waals surface area contributed by atoms with Gasteiger partial charge in [0.15, 0.2) is 15.6 Å². The molecule has 1 fully saturated rings. The third-order valence-electron chi connectivity index (χ3n) is 4.13. The van der Waals surface area contributed by atoms with E-state index in [4.69, 9.17) is 5.11 Å². The number of carbonyl (C=O) groups excluding carboxylic acids is 1. The Hall–Kier alpha value is -1.69. The maximum absolute atomic E-state index is 12.4. The first kappa shape index (κ1) is 16.7. The first-order chi connectivity index (χ1) is 10.3. The lowest BCUT2D eigenvalue weighted by Crippen LogP contribution is -2.15. The van der Waals surface area contributed by atoms with E-state index in [1.54, 1.807) is 0 Å². The minimum Gasteiger partial charge on any atom is -0.478 e. The number of Topliss-reactive ketones (excluding diaryl/α,β-unsaturated/α-hetero) is 1. The van der Waals surface area contributed by atoms with Gasteiger partial charge in [0.05, 0.1) is 10.5 Å². The molecule has 22 heavy (non-hydrogen) atoms. The van der Waals surface area contributed by atoms with E-state index in [0.717, 1.165) is 38.0 Å². The van der Waals surface area contributed by atoms with Crippen LogP contribution >= 0.6 is 0 Å². The van der Waals surface area contributed by atoms with Gasteiger partial charge < -0.3 is 5.11 Å². The number of carboxylic acid groups (broad SMARTS) is 1. The van der Waals surface area contributed by atoms with Crippen LogP contribution in [0.4, 0.5) is 0 Å². The third kappa shape index (κ3) is 3.94. The molecule has 2 rings (SSSR count). The number of carbonyl (C=O) groups is 2. The third-order valence-corrected chi connectivity index (χ3v) is 5.26. The van der Waals surface area contributed by atoms with Crippen LogP contribution in [0.3, 0.4) is 0 Å². The van der Waals surface area contributed by atoms with Gasteiger partial charge in [-0.15, -0.1) is 0 Å². The molecule has 0 heterocycles. The highest BCUT2D eigenvalue weighted by Crippen LogP contribution is 2.29. The van der Waals surface area contributed by atoms with Gasteiger partial charge in [0, 0.05) is 18.2 Å². The lowest BCUT2D eigenvalue weighted by atomic mass is 9.84. The highest BCUT2D eigenvalue weighted by Gasteiger charge is 2.24. The molecule has 5 nitrogen and oxygen atoms in total. The summed E-state index contributed by atoms with van der Waals surface area (Å²) in [5.74, 6) is -1.13. The monoisotopic (exact) mass is 324 g/mol. The summed E-state index contributed by atoms with van der Waals surface area (Å²) in [4.78, 5) is 23.3. The molecule has 120 valence electrons. The molecular formula is C16H20O5S. The quantitative estimate of drug-likeness (QED) is 0.841. The Morgan fingerprint density at radius 2 is 1.82 bits per heavy atom. The zero-order valence-electron chi connectivity index (χ0n) is 12.5. The smallest absolute Gasteiger partial charge is 0.335 e. The molecule has 0 aliphatic heterocycles. The Morgan fingerprint density at radius 3 is 2.36 bits per heavy atom. The van der Waals surface area contributed by atoms with Gasteiger partial charge >= 0.3 is 5.97 Å². The van der Waals surface area contributed by atoms with E-state index in [1.807, 2.05) is 0 Å². The van der Waals surface area contributed by atoms with Crippen LogP contribution in [0, 0.1) is 5.92 Å². The molecule has 0 spiro atoms. The van der Waals surface area contributed by atoms with Crippen molar-refractivity contribution in [3.63, 3.8) is 0 Å². The maximum atomic E-state index is 12.4. The minimum atomic E-state index is -3.66. The Morgan fingerprint density at radius 1 is 1.18 bits per heavy atom. The van der Waals surface area contributed by atoms with Gasteiger partial charge in [0.2, 0.25) is 0 Å². The zero-order chi connectivity index (χ0) is 16.3. The van der Waals surface area contributed by atoms with Crippen LogP contribution < -0.4 is 0 Å². The molecule has 1 aromatic rings. The van der Waals surface area contributed by atoms with Crippen molar-refractivity contribution in [2.45, 2.75) is 43.4 Å². The fourth-order valence-corrected chi connectivity index (χ4v) is 3.88. The fraction of sp³-hybridized carbons (Fsp3) is 0.500. The van der Waals surface area contributed by atoms with Crippen molar-refractivity contribution in [1.29, 1.82) is 0 Å². The second kappa shape index (κ2) is 6.60. The predicted octanol–water partition coefficient (Wildman–Crippen LogP) is 2.94. The molecule has 0 saturated heterocycles. The minimum absolute atomic E-state index is 0.109. The Labute approximate surface area is 130 Å². The fourth-order valence-electron chi connectivity index (χ4n) is 2.96. The Kier molecular flexibility index (Phi) is 5.01. The summed E-state index contributed by atoms with van der Waals surface area (Å²) in [5.41, 5.74) is -0.0206. The highest BCUT2D eigenvalue weighted by atomic mass is 32.2. The summed E-state index contributed by atoms with van der Waals surface area (Å²) in [7, 11) is -3.66. The molecule has 1 aliphatic carbocycles. The Bertz CT molecular complexity index is 684. The van der Waals surface area contributed by atoms with Crippen molar-refractivity contribution >= 4 is 21.6 Å². The van der Waals surface area contributed by atoms with E-state index in [2.05, 4.69) is 0 Å². The number of benzene rings is 1. The molecule has 0 radical (unpaired) electrons. The van der Waals surface area contributed by atoms with E-state index in [9.17, 15) is 18.0 Å². The molecule has 0 atom stereocenters. The van der Waals surface area contributed by atoms with Crippen molar-refractivity contribution in [3.8, 4) is 0 Å². The number of hydrogen-bond acceptors (Lipinski definition) is 4.